The van der Waals surface area contributed by atoms with E-state index in [1.165, 1.54) is 24.3 Å². The third-order valence-corrected chi connectivity index (χ3v) is 4.44. The number of nitriles is 1. The van der Waals surface area contributed by atoms with Gasteiger partial charge in [0.2, 0.25) is 0 Å². The topological polar surface area (TPSA) is 90.2 Å². The summed E-state index contributed by atoms with van der Waals surface area (Å²) in [5.74, 6) is -3.52. The molecule has 0 spiro atoms. The molecule has 134 valence electrons. The van der Waals surface area contributed by atoms with Gasteiger partial charge in [-0.05, 0) is 30.5 Å². The summed E-state index contributed by atoms with van der Waals surface area (Å²) in [5, 5.41) is 20.7. The summed E-state index contributed by atoms with van der Waals surface area (Å²) < 4.78 is 40.5. The number of nitrogens with one attached hydrogen (secondary N) is 1. The average Bonchev–Trinajstić information content (AvgIpc) is 2.59. The predicted octanol–water partition coefficient (Wildman–Crippen LogP) is 3.15. The van der Waals surface area contributed by atoms with E-state index in [1.54, 1.807) is 0 Å². The molecule has 26 heavy (non-hydrogen) atoms. The molecule has 1 aliphatic carbocycles. The minimum atomic E-state index is -4.92. The van der Waals surface area contributed by atoms with Crippen LogP contribution in [0.3, 0.4) is 0 Å². The summed E-state index contributed by atoms with van der Waals surface area (Å²) in [7, 11) is 0. The molecule has 1 aliphatic heterocycles. The van der Waals surface area contributed by atoms with Gasteiger partial charge in [0, 0.05) is 23.6 Å². The number of carboxylic acids is 1. The summed E-state index contributed by atoms with van der Waals surface area (Å²) in [6.07, 6.45) is -4.16. The summed E-state index contributed by atoms with van der Waals surface area (Å²) in [4.78, 5) is 24.2. The molecule has 0 saturated carbocycles. The van der Waals surface area contributed by atoms with Crippen LogP contribution in [0.1, 0.15) is 36.3 Å². The maximum Gasteiger partial charge on any atom is 0.431 e. The van der Waals surface area contributed by atoms with Gasteiger partial charge >= 0.3 is 12.1 Å². The van der Waals surface area contributed by atoms with E-state index in [9.17, 15) is 27.9 Å². The van der Waals surface area contributed by atoms with E-state index in [-0.39, 0.29) is 41.0 Å². The summed E-state index contributed by atoms with van der Waals surface area (Å²) in [5.41, 5.74) is -1.81. The molecule has 8 heteroatoms. The lowest BCUT2D eigenvalue weighted by Gasteiger charge is -2.34. The smallest absolute Gasteiger partial charge is 0.431 e. The van der Waals surface area contributed by atoms with Gasteiger partial charge in [0.25, 0.3) is 0 Å². The molecule has 2 N–H and O–H groups in total. The van der Waals surface area contributed by atoms with Crippen LogP contribution >= 0.6 is 0 Å². The van der Waals surface area contributed by atoms with Crippen LogP contribution in [0.4, 0.5) is 13.2 Å². The number of aliphatic carboxylic acids is 1. The second-order valence-corrected chi connectivity index (χ2v) is 6.06. The monoisotopic (exact) mass is 362 g/mol. The number of carbonyl (C=O) groups excluding carboxylic acids is 1. The number of Topliss-reactive ketones (excluding diaryl/α,β-unsaturated/α-hetero) is 1. The van der Waals surface area contributed by atoms with Gasteiger partial charge in [-0.3, -0.25) is 4.79 Å². The van der Waals surface area contributed by atoms with Crippen molar-refractivity contribution in [1.29, 1.82) is 5.26 Å². The van der Waals surface area contributed by atoms with Crippen LogP contribution in [0.25, 0.3) is 0 Å². The third kappa shape index (κ3) is 2.96. The van der Waals surface area contributed by atoms with Crippen molar-refractivity contribution in [1.82, 2.24) is 5.32 Å². The molecule has 1 aromatic carbocycles. The molecule has 0 saturated heterocycles. The molecule has 3 rings (SSSR count). The van der Waals surface area contributed by atoms with E-state index in [1.807, 2.05) is 6.07 Å². The van der Waals surface area contributed by atoms with Crippen molar-refractivity contribution in [2.75, 3.05) is 0 Å². The van der Waals surface area contributed by atoms with E-state index < -0.39 is 29.3 Å². The van der Waals surface area contributed by atoms with Crippen LogP contribution in [0, 0.1) is 11.3 Å². The van der Waals surface area contributed by atoms with Gasteiger partial charge in [-0.15, -0.1) is 0 Å². The number of hydrogen-bond acceptors (Lipinski definition) is 4. The molecule has 0 aromatic heterocycles. The van der Waals surface area contributed by atoms with E-state index >= 15 is 0 Å². The molecule has 1 aromatic rings. The maximum absolute atomic E-state index is 13.5. The van der Waals surface area contributed by atoms with Crippen molar-refractivity contribution in [2.24, 2.45) is 0 Å². The molecule has 1 atom stereocenters. The van der Waals surface area contributed by atoms with Crippen LogP contribution in [-0.4, -0.2) is 23.0 Å². The predicted molar refractivity (Wildman–Crippen MR) is 83.6 cm³/mol. The second kappa shape index (κ2) is 6.33. The highest BCUT2D eigenvalue weighted by atomic mass is 19.4. The number of dihydropyridines is 1. The number of rotatable bonds is 2. The fourth-order valence-electron chi connectivity index (χ4n) is 3.41. The van der Waals surface area contributed by atoms with Gasteiger partial charge in [-0.25, -0.2) is 4.79 Å². The number of halogens is 3. The fourth-order valence-corrected chi connectivity index (χ4v) is 3.41. The first-order chi connectivity index (χ1) is 12.2. The van der Waals surface area contributed by atoms with Gasteiger partial charge in [0.1, 0.15) is 5.70 Å². The SMILES string of the molecule is N#Cc1cccc(C2C3=C(CCCC3=O)NC(C(F)(F)F)=C2C(=O)O)c1. The summed E-state index contributed by atoms with van der Waals surface area (Å²) in [6, 6.07) is 7.53. The second-order valence-electron chi connectivity index (χ2n) is 6.06. The van der Waals surface area contributed by atoms with Crippen molar-refractivity contribution in [3.63, 3.8) is 0 Å². The summed E-state index contributed by atoms with van der Waals surface area (Å²) >= 11 is 0. The number of ketones is 1. The zero-order valence-corrected chi connectivity index (χ0v) is 13.4. The fraction of sp³-hybridized carbons (Fsp3) is 0.278. The first kappa shape index (κ1) is 17.7. The number of hydrogen-bond donors (Lipinski definition) is 2. The van der Waals surface area contributed by atoms with Crippen LogP contribution in [-0.2, 0) is 9.59 Å². The molecule has 0 amide bonds. The standard InChI is InChI=1S/C18H13F3N2O3/c19-18(20,21)16-15(17(25)26)13(10-4-1-3-9(7-10)8-22)14-11(23-16)5-2-6-12(14)24/h1,3-4,7,13,23H,2,5-6H2,(H,25,26). The number of carboxylic acid groups (broad SMARTS) is 1. The average molecular weight is 362 g/mol. The number of benzene rings is 1. The molecule has 5 nitrogen and oxygen atoms in total. The zero-order valence-electron chi connectivity index (χ0n) is 13.4. The van der Waals surface area contributed by atoms with Crippen molar-refractivity contribution in [3.05, 3.63) is 57.9 Å². The largest absolute Gasteiger partial charge is 0.478 e. The summed E-state index contributed by atoms with van der Waals surface area (Å²) in [6.45, 7) is 0. The van der Waals surface area contributed by atoms with E-state index in [4.69, 9.17) is 5.26 Å². The normalized spacial score (nSPS) is 20.4. The van der Waals surface area contributed by atoms with Gasteiger partial charge in [-0.2, -0.15) is 18.4 Å². The van der Waals surface area contributed by atoms with Crippen molar-refractivity contribution in [3.8, 4) is 6.07 Å². The molecular weight excluding hydrogens is 349 g/mol. The molecule has 2 aliphatic rings. The van der Waals surface area contributed by atoms with E-state index in [0.717, 1.165) is 0 Å². The lowest BCUT2D eigenvalue weighted by Crippen LogP contribution is -2.39. The van der Waals surface area contributed by atoms with E-state index in [2.05, 4.69) is 5.32 Å². The van der Waals surface area contributed by atoms with Gasteiger partial charge in [0.05, 0.1) is 17.2 Å². The van der Waals surface area contributed by atoms with Crippen molar-refractivity contribution in [2.45, 2.75) is 31.4 Å². The Morgan fingerprint density at radius 1 is 1.31 bits per heavy atom. The van der Waals surface area contributed by atoms with Crippen LogP contribution in [0.2, 0.25) is 0 Å². The van der Waals surface area contributed by atoms with Crippen LogP contribution in [0.5, 0.6) is 0 Å². The molecule has 1 heterocycles. The molecule has 1 unspecified atom stereocenters. The molecule has 0 fully saturated rings. The first-order valence-electron chi connectivity index (χ1n) is 7.82. The maximum atomic E-state index is 13.5. The van der Waals surface area contributed by atoms with Gasteiger partial charge in [-0.1, -0.05) is 12.1 Å². The number of alkyl halides is 3. The minimum absolute atomic E-state index is 0.0386. The highest BCUT2D eigenvalue weighted by Crippen LogP contribution is 2.45. The Morgan fingerprint density at radius 2 is 2.04 bits per heavy atom. The molecule has 0 radical (unpaired) electrons. The minimum Gasteiger partial charge on any atom is -0.478 e. The lowest BCUT2D eigenvalue weighted by molar-refractivity contribution is -0.135. The third-order valence-electron chi connectivity index (χ3n) is 4.44. The van der Waals surface area contributed by atoms with E-state index in [0.29, 0.717) is 6.42 Å². The Balaban J connectivity index is 2.30. The Kier molecular flexibility index (Phi) is 4.32. The highest BCUT2D eigenvalue weighted by Gasteiger charge is 2.47. The Labute approximate surface area is 146 Å². The van der Waals surface area contributed by atoms with Gasteiger partial charge < -0.3 is 10.4 Å². The highest BCUT2D eigenvalue weighted by molar-refractivity contribution is 6.03. The van der Waals surface area contributed by atoms with Crippen molar-refractivity contribution < 1.29 is 27.9 Å². The van der Waals surface area contributed by atoms with Crippen molar-refractivity contribution >= 4 is 11.8 Å². The molecular formula is C18H13F3N2O3. The molecule has 0 bridgehead atoms. The first-order valence-corrected chi connectivity index (χ1v) is 7.82. The number of allylic oxidation sites excluding steroid dienone is 3. The quantitative estimate of drug-likeness (QED) is 0.843. The van der Waals surface area contributed by atoms with Gasteiger partial charge in [0.15, 0.2) is 5.78 Å². The Morgan fingerprint density at radius 3 is 2.65 bits per heavy atom. The van der Waals surface area contributed by atoms with Crippen LogP contribution in [0.15, 0.2) is 46.8 Å². The van der Waals surface area contributed by atoms with Crippen LogP contribution < -0.4 is 5.32 Å². The number of carbonyl (C=O) groups is 2. The lowest BCUT2D eigenvalue weighted by atomic mass is 9.75. The Bertz CT molecular complexity index is 907. The Hall–Kier alpha value is -3.08. The number of nitrogens with zero attached hydrogens (tertiary/aromatic N) is 1. The zero-order chi connectivity index (χ0) is 19.1.